The second-order valence-electron chi connectivity index (χ2n) is 6.67. The molecule has 8 heteroatoms. The molecule has 1 fully saturated rings. The number of nitrogens with one attached hydrogen (secondary N) is 2. The number of hydrogen-bond donors (Lipinski definition) is 2. The second-order valence-corrected chi connectivity index (χ2v) is 6.67. The van der Waals surface area contributed by atoms with Crippen molar-refractivity contribution in [3.8, 4) is 0 Å². The van der Waals surface area contributed by atoms with E-state index in [0.29, 0.717) is 0 Å². The van der Waals surface area contributed by atoms with Gasteiger partial charge in [-0.1, -0.05) is 30.3 Å². The van der Waals surface area contributed by atoms with E-state index in [1.54, 1.807) is 6.08 Å². The molecule has 2 N–H and O–H groups in total. The van der Waals surface area contributed by atoms with E-state index in [-0.39, 0.29) is 18.5 Å². The van der Waals surface area contributed by atoms with Gasteiger partial charge in [0.05, 0.1) is 6.54 Å². The Bertz CT molecular complexity index is 743. The minimum Gasteiger partial charge on any atom is -0.454 e. The Kier molecular flexibility index (Phi) is 7.74. The Morgan fingerprint density at radius 1 is 1.21 bits per heavy atom. The molecule has 1 atom stereocenters. The molecule has 2 rings (SSSR count). The highest BCUT2D eigenvalue weighted by Gasteiger charge is 2.25. The Labute approximate surface area is 163 Å². The van der Waals surface area contributed by atoms with Crippen molar-refractivity contribution < 1.29 is 23.9 Å². The molecular formula is C20H25N3O5. The van der Waals surface area contributed by atoms with Crippen LogP contribution in [-0.4, -0.2) is 60.9 Å². The lowest BCUT2D eigenvalue weighted by Crippen LogP contribution is -2.42. The van der Waals surface area contributed by atoms with E-state index >= 15 is 0 Å². The minimum absolute atomic E-state index is 0.0938. The quantitative estimate of drug-likeness (QED) is 0.474. The van der Waals surface area contributed by atoms with Gasteiger partial charge in [0.15, 0.2) is 6.61 Å². The maximum atomic E-state index is 12.0. The summed E-state index contributed by atoms with van der Waals surface area (Å²) in [5, 5.41) is 5.25. The molecule has 150 valence electrons. The lowest BCUT2D eigenvalue weighted by atomic mass is 10.2. The zero-order chi connectivity index (χ0) is 20.5. The highest BCUT2D eigenvalue weighted by molar-refractivity contribution is 5.94. The van der Waals surface area contributed by atoms with Crippen LogP contribution in [0, 0.1) is 0 Å². The van der Waals surface area contributed by atoms with Crippen LogP contribution in [0.3, 0.4) is 0 Å². The van der Waals surface area contributed by atoms with Gasteiger partial charge in [-0.05, 0) is 31.4 Å². The number of likely N-dealkylation sites (N-methyl/N-ethyl adjacent to an activating group) is 1. The Morgan fingerprint density at radius 3 is 2.54 bits per heavy atom. The molecule has 0 radical (unpaired) electrons. The van der Waals surface area contributed by atoms with Crippen LogP contribution in [-0.2, 0) is 23.9 Å². The number of ether oxygens (including phenoxy) is 1. The molecule has 0 heterocycles. The van der Waals surface area contributed by atoms with Crippen molar-refractivity contribution in [1.29, 1.82) is 0 Å². The van der Waals surface area contributed by atoms with E-state index in [0.717, 1.165) is 18.4 Å². The van der Waals surface area contributed by atoms with E-state index in [2.05, 4.69) is 10.6 Å². The third kappa shape index (κ3) is 7.61. The highest BCUT2D eigenvalue weighted by atomic mass is 16.5. The lowest BCUT2D eigenvalue weighted by molar-refractivity contribution is -0.153. The zero-order valence-corrected chi connectivity index (χ0v) is 16.0. The largest absolute Gasteiger partial charge is 0.454 e. The molecule has 0 saturated heterocycles. The van der Waals surface area contributed by atoms with Gasteiger partial charge in [-0.15, -0.1) is 0 Å². The number of benzene rings is 1. The maximum absolute atomic E-state index is 12.0. The molecule has 0 bridgehead atoms. The van der Waals surface area contributed by atoms with Gasteiger partial charge in [-0.3, -0.25) is 14.4 Å². The fraction of sp³-hybridized carbons (Fsp3) is 0.400. The third-order valence-corrected chi connectivity index (χ3v) is 4.03. The molecule has 0 aromatic heterocycles. The highest BCUT2D eigenvalue weighted by Crippen LogP contribution is 2.18. The topological polar surface area (TPSA) is 105 Å². The predicted molar refractivity (Wildman–Crippen MR) is 103 cm³/mol. The summed E-state index contributed by atoms with van der Waals surface area (Å²) >= 11 is 0. The monoisotopic (exact) mass is 387 g/mol. The molecule has 1 aliphatic rings. The molecule has 28 heavy (non-hydrogen) atoms. The number of amides is 3. The first-order valence-electron chi connectivity index (χ1n) is 9.08. The van der Waals surface area contributed by atoms with E-state index in [4.69, 9.17) is 4.74 Å². The molecule has 8 nitrogen and oxygen atoms in total. The van der Waals surface area contributed by atoms with Crippen LogP contribution in [0.4, 0.5) is 0 Å². The minimum atomic E-state index is -0.913. The van der Waals surface area contributed by atoms with Crippen molar-refractivity contribution in [1.82, 2.24) is 15.5 Å². The zero-order valence-electron chi connectivity index (χ0n) is 16.0. The van der Waals surface area contributed by atoms with Crippen LogP contribution in [0.1, 0.15) is 25.3 Å². The molecule has 1 aromatic rings. The first-order valence-corrected chi connectivity index (χ1v) is 9.08. The summed E-state index contributed by atoms with van der Waals surface area (Å²) in [7, 11) is 1.46. The van der Waals surface area contributed by atoms with Crippen LogP contribution in [0.2, 0.25) is 0 Å². The Hall–Kier alpha value is -3.16. The van der Waals surface area contributed by atoms with E-state index in [9.17, 15) is 19.2 Å². The van der Waals surface area contributed by atoms with Gasteiger partial charge in [0, 0.05) is 19.2 Å². The molecule has 0 spiro atoms. The van der Waals surface area contributed by atoms with Gasteiger partial charge in [-0.2, -0.15) is 0 Å². The summed E-state index contributed by atoms with van der Waals surface area (Å²) in [5.74, 6) is -1.92. The number of rotatable bonds is 9. The molecular weight excluding hydrogens is 362 g/mol. The maximum Gasteiger partial charge on any atom is 0.328 e. The van der Waals surface area contributed by atoms with Crippen molar-refractivity contribution >= 4 is 29.8 Å². The number of carbonyl (C=O) groups is 4. The summed E-state index contributed by atoms with van der Waals surface area (Å²) in [5.41, 5.74) is 0.854. The van der Waals surface area contributed by atoms with Gasteiger partial charge in [-0.25, -0.2) is 4.79 Å². The van der Waals surface area contributed by atoms with Gasteiger partial charge < -0.3 is 20.3 Å². The van der Waals surface area contributed by atoms with Gasteiger partial charge in [0.2, 0.25) is 11.8 Å². The standard InChI is InChI=1S/C20H25N3O5/c1-14(21-17(24)11-8-15-6-4-3-5-7-15)20(27)28-13-19(26)23(2)12-18(25)22-16-9-10-16/h3-8,11,14,16H,9-10,12-13H2,1-2H3,(H,21,24)(H,22,25)/b11-8+/t14-/m0/s1. The SMILES string of the molecule is C[C@H](NC(=O)/C=C/c1ccccc1)C(=O)OCC(=O)N(C)CC(=O)NC1CC1. The first-order chi connectivity index (χ1) is 13.3. The number of esters is 1. The molecule has 0 unspecified atom stereocenters. The molecule has 1 saturated carbocycles. The molecule has 1 aromatic carbocycles. The summed E-state index contributed by atoms with van der Waals surface area (Å²) in [6, 6.07) is 8.55. The smallest absolute Gasteiger partial charge is 0.328 e. The van der Waals surface area contributed by atoms with Crippen molar-refractivity contribution in [2.45, 2.75) is 31.8 Å². The van der Waals surface area contributed by atoms with E-state index < -0.39 is 30.4 Å². The van der Waals surface area contributed by atoms with E-state index in [1.807, 2.05) is 30.3 Å². The van der Waals surface area contributed by atoms with Gasteiger partial charge >= 0.3 is 5.97 Å². The van der Waals surface area contributed by atoms with Crippen molar-refractivity contribution in [2.24, 2.45) is 0 Å². The van der Waals surface area contributed by atoms with Crippen LogP contribution in [0.5, 0.6) is 0 Å². The average molecular weight is 387 g/mol. The van der Waals surface area contributed by atoms with Crippen LogP contribution in [0.15, 0.2) is 36.4 Å². The van der Waals surface area contributed by atoms with Crippen LogP contribution in [0.25, 0.3) is 6.08 Å². The van der Waals surface area contributed by atoms with Crippen molar-refractivity contribution in [3.63, 3.8) is 0 Å². The fourth-order valence-electron chi connectivity index (χ4n) is 2.23. The van der Waals surface area contributed by atoms with Crippen LogP contribution < -0.4 is 10.6 Å². The molecule has 3 amide bonds. The number of nitrogens with zero attached hydrogens (tertiary/aromatic N) is 1. The number of carbonyl (C=O) groups excluding carboxylic acids is 4. The summed E-state index contributed by atoms with van der Waals surface area (Å²) in [6.07, 6.45) is 4.87. The normalized spacial score (nSPS) is 14.2. The summed E-state index contributed by atoms with van der Waals surface area (Å²) < 4.78 is 4.92. The summed E-state index contributed by atoms with van der Waals surface area (Å²) in [6.45, 7) is 0.878. The Morgan fingerprint density at radius 2 is 1.89 bits per heavy atom. The molecule has 0 aliphatic heterocycles. The molecule has 1 aliphatic carbocycles. The van der Waals surface area contributed by atoms with E-state index in [1.165, 1.54) is 24.9 Å². The fourth-order valence-corrected chi connectivity index (χ4v) is 2.23. The lowest BCUT2D eigenvalue weighted by Gasteiger charge is -2.17. The summed E-state index contributed by atoms with van der Waals surface area (Å²) in [4.78, 5) is 48.6. The van der Waals surface area contributed by atoms with Crippen molar-refractivity contribution in [3.05, 3.63) is 42.0 Å². The van der Waals surface area contributed by atoms with Crippen LogP contribution >= 0.6 is 0 Å². The van der Waals surface area contributed by atoms with Gasteiger partial charge in [0.25, 0.3) is 5.91 Å². The first kappa shape index (κ1) is 21.1. The van der Waals surface area contributed by atoms with Gasteiger partial charge in [0.1, 0.15) is 6.04 Å². The van der Waals surface area contributed by atoms with Crippen molar-refractivity contribution in [2.75, 3.05) is 20.2 Å². The Balaban J connectivity index is 1.69. The second kappa shape index (κ2) is 10.2. The predicted octanol–water partition coefficient (Wildman–Crippen LogP) is 0.485. The third-order valence-electron chi connectivity index (χ3n) is 4.03. The average Bonchev–Trinajstić information content (AvgIpc) is 3.48. The number of hydrogen-bond acceptors (Lipinski definition) is 5.